The van der Waals surface area contributed by atoms with E-state index in [-0.39, 0.29) is 35.0 Å². The summed E-state index contributed by atoms with van der Waals surface area (Å²) in [5, 5.41) is 9.31. The summed E-state index contributed by atoms with van der Waals surface area (Å²) in [7, 11) is 0. The van der Waals surface area contributed by atoms with Crippen LogP contribution in [0.1, 0.15) is 88.3 Å². The first kappa shape index (κ1) is 37.1. The van der Waals surface area contributed by atoms with Gasteiger partial charge in [-0.1, -0.05) is 107 Å². The van der Waals surface area contributed by atoms with E-state index in [1.807, 2.05) is 42.5 Å². The summed E-state index contributed by atoms with van der Waals surface area (Å²) in [6.07, 6.45) is 9.15. The molecule has 53 heavy (non-hydrogen) atoms. The average Bonchev–Trinajstić information content (AvgIpc) is 3.94. The maximum absolute atomic E-state index is 14.9. The normalized spacial score (nSPS) is 25.2. The number of carbonyl (C=O) groups is 5. The number of piperidine rings is 1. The monoisotopic (exact) mass is 725 g/mol. The number of amides is 5. The number of Topliss-reactive ketones (excluding diaryl/α,β-unsaturated/α-hetero) is 1. The number of hydrogen-bond acceptors (Lipinski definition) is 6. The van der Waals surface area contributed by atoms with Crippen LogP contribution in [0, 0.1) is 29.1 Å². The Balaban J connectivity index is 1.11. The van der Waals surface area contributed by atoms with Crippen molar-refractivity contribution in [2.45, 2.75) is 115 Å². The predicted molar refractivity (Wildman–Crippen MR) is 199 cm³/mol. The van der Waals surface area contributed by atoms with Crippen molar-refractivity contribution < 1.29 is 28.7 Å². The number of benzene rings is 2. The number of hydrogen-bond donors (Lipinski definition) is 4. The lowest BCUT2D eigenvalue weighted by molar-refractivity contribution is -0.144. The van der Waals surface area contributed by atoms with Crippen LogP contribution < -0.4 is 21.7 Å². The van der Waals surface area contributed by atoms with Gasteiger partial charge in [0.05, 0.1) is 24.8 Å². The van der Waals surface area contributed by atoms with E-state index in [2.05, 4.69) is 41.9 Å². The minimum Gasteiger partial charge on any atom is -0.374 e. The molecule has 0 spiro atoms. The first-order valence-corrected chi connectivity index (χ1v) is 19.7. The van der Waals surface area contributed by atoms with Gasteiger partial charge in [-0.15, -0.1) is 0 Å². The molecule has 4 aliphatic carbocycles. The van der Waals surface area contributed by atoms with Crippen molar-refractivity contribution in [1.29, 1.82) is 0 Å². The van der Waals surface area contributed by atoms with E-state index < -0.39 is 47.3 Å². The molecular weight excluding hydrogens is 670 g/mol. The van der Waals surface area contributed by atoms with Gasteiger partial charge in [0.2, 0.25) is 17.6 Å². The van der Waals surface area contributed by atoms with E-state index in [4.69, 9.17) is 10.5 Å². The van der Waals surface area contributed by atoms with E-state index in [1.54, 1.807) is 4.90 Å². The summed E-state index contributed by atoms with van der Waals surface area (Å²) >= 11 is 0. The second kappa shape index (κ2) is 15.2. The molecule has 2 aromatic carbocycles. The molecular formula is C42H55N5O6. The SMILES string of the molecule is CC1(C)[C@@H]2[C@@H](C(=O)NC(CC3CC3)C(=O)C(N)=O)N(C(=O)[C@@H](NC(=O)NC3(COCc4ccccc4)CCCCCC3)C3Cc4ccccc4C3)C[C@@H]21. The van der Waals surface area contributed by atoms with Gasteiger partial charge in [-0.05, 0) is 77.9 Å². The van der Waals surface area contributed by atoms with Crippen LogP contribution in [0.2, 0.25) is 0 Å². The second-order valence-electron chi connectivity index (χ2n) is 17.0. The largest absolute Gasteiger partial charge is 0.374 e. The molecule has 5 aliphatic rings. The number of likely N-dealkylation sites (tertiary alicyclic amines) is 1. The summed E-state index contributed by atoms with van der Waals surface area (Å²) in [6.45, 7) is 5.38. The zero-order valence-corrected chi connectivity index (χ0v) is 31.1. The van der Waals surface area contributed by atoms with Crippen LogP contribution in [0.4, 0.5) is 4.79 Å². The molecule has 7 rings (SSSR count). The number of ether oxygens (including phenoxy) is 1. The van der Waals surface area contributed by atoms with Gasteiger partial charge in [0.25, 0.3) is 5.91 Å². The number of nitrogens with two attached hydrogens (primary N) is 1. The van der Waals surface area contributed by atoms with Crippen LogP contribution in [0.15, 0.2) is 54.6 Å². The molecule has 3 saturated carbocycles. The molecule has 4 fully saturated rings. The van der Waals surface area contributed by atoms with Gasteiger partial charge in [0.15, 0.2) is 0 Å². The fraction of sp³-hybridized carbons (Fsp3) is 0.595. The number of urea groups is 1. The van der Waals surface area contributed by atoms with Crippen molar-refractivity contribution in [2.24, 2.45) is 34.8 Å². The van der Waals surface area contributed by atoms with Crippen LogP contribution in [0.3, 0.4) is 0 Å². The van der Waals surface area contributed by atoms with Crippen molar-refractivity contribution in [1.82, 2.24) is 20.9 Å². The molecule has 1 aliphatic heterocycles. The zero-order chi connectivity index (χ0) is 37.3. The molecule has 1 saturated heterocycles. The third-order valence-corrected chi connectivity index (χ3v) is 12.9. The first-order valence-electron chi connectivity index (χ1n) is 19.7. The second-order valence-corrected chi connectivity index (χ2v) is 17.0. The number of ketones is 1. The summed E-state index contributed by atoms with van der Waals surface area (Å²) in [5.41, 5.74) is 8.01. The minimum absolute atomic E-state index is 0.0993. The third-order valence-electron chi connectivity index (χ3n) is 12.9. The van der Waals surface area contributed by atoms with Crippen LogP contribution >= 0.6 is 0 Å². The molecule has 11 heteroatoms. The fourth-order valence-electron chi connectivity index (χ4n) is 9.62. The van der Waals surface area contributed by atoms with Crippen LogP contribution in [-0.2, 0) is 43.4 Å². The van der Waals surface area contributed by atoms with Crippen molar-refractivity contribution in [3.8, 4) is 0 Å². The molecule has 5 amide bonds. The number of nitrogens with one attached hydrogen (secondary N) is 3. The molecule has 284 valence electrons. The molecule has 1 unspecified atom stereocenters. The van der Waals surface area contributed by atoms with E-state index in [9.17, 15) is 24.0 Å². The van der Waals surface area contributed by atoms with Crippen molar-refractivity contribution in [3.63, 3.8) is 0 Å². The Morgan fingerprint density at radius 1 is 0.887 bits per heavy atom. The summed E-state index contributed by atoms with van der Waals surface area (Å²) < 4.78 is 6.25. The van der Waals surface area contributed by atoms with Gasteiger partial charge in [-0.25, -0.2) is 4.79 Å². The Hall–Kier alpha value is -4.25. The van der Waals surface area contributed by atoms with Gasteiger partial charge in [0.1, 0.15) is 12.1 Å². The molecule has 0 bridgehead atoms. The van der Waals surface area contributed by atoms with Crippen molar-refractivity contribution in [2.75, 3.05) is 13.2 Å². The van der Waals surface area contributed by atoms with Gasteiger partial charge in [-0.3, -0.25) is 19.2 Å². The van der Waals surface area contributed by atoms with Gasteiger partial charge in [-0.2, -0.15) is 0 Å². The predicted octanol–water partition coefficient (Wildman–Crippen LogP) is 4.20. The summed E-state index contributed by atoms with van der Waals surface area (Å²) in [5.74, 6) is -2.59. The molecule has 5 atom stereocenters. The van der Waals surface area contributed by atoms with Gasteiger partial charge < -0.3 is 31.3 Å². The molecule has 11 nitrogen and oxygen atoms in total. The number of rotatable bonds is 14. The topological polar surface area (TPSA) is 160 Å². The molecule has 1 heterocycles. The van der Waals surface area contributed by atoms with Gasteiger partial charge >= 0.3 is 6.03 Å². The number of nitrogens with zero attached hydrogens (tertiary/aromatic N) is 1. The molecule has 0 radical (unpaired) electrons. The fourth-order valence-corrected chi connectivity index (χ4v) is 9.62. The summed E-state index contributed by atoms with van der Waals surface area (Å²) in [6, 6.07) is 15.0. The highest BCUT2D eigenvalue weighted by atomic mass is 16.5. The molecule has 5 N–H and O–H groups in total. The van der Waals surface area contributed by atoms with Crippen LogP contribution in [-0.4, -0.2) is 71.3 Å². The average molecular weight is 726 g/mol. The summed E-state index contributed by atoms with van der Waals surface area (Å²) in [4.78, 5) is 69.7. The Kier molecular flexibility index (Phi) is 10.7. The Morgan fingerprint density at radius 2 is 1.53 bits per heavy atom. The Labute approximate surface area is 312 Å². The first-order chi connectivity index (χ1) is 25.5. The van der Waals surface area contributed by atoms with E-state index in [0.29, 0.717) is 39.0 Å². The van der Waals surface area contributed by atoms with E-state index in [0.717, 1.165) is 68.1 Å². The highest BCUT2D eigenvalue weighted by molar-refractivity contribution is 6.37. The van der Waals surface area contributed by atoms with Gasteiger partial charge in [0, 0.05) is 6.54 Å². The lowest BCUT2D eigenvalue weighted by Crippen LogP contribution is -2.62. The zero-order valence-electron chi connectivity index (χ0n) is 31.1. The molecule has 2 aromatic rings. The lowest BCUT2D eigenvalue weighted by Gasteiger charge is -2.37. The highest BCUT2D eigenvalue weighted by Crippen LogP contribution is 2.65. The maximum Gasteiger partial charge on any atom is 0.315 e. The lowest BCUT2D eigenvalue weighted by atomic mass is 9.90. The number of fused-ring (bicyclic) bond motifs is 2. The van der Waals surface area contributed by atoms with Crippen molar-refractivity contribution in [3.05, 3.63) is 71.3 Å². The number of primary amides is 1. The minimum atomic E-state index is -1.08. The van der Waals surface area contributed by atoms with E-state index >= 15 is 0 Å². The van der Waals surface area contributed by atoms with Crippen molar-refractivity contribution >= 4 is 29.5 Å². The standard InChI is InChI=1S/C42H55N5O6/c1-41(2)31-23-47(35(33(31)41)38(50)44-32(20-26-16-17-26)36(48)37(43)49)39(51)34(30-21-28-14-8-9-15-29(28)22-30)45-40(52)46-42(18-10-3-4-11-19-42)25-53-24-27-12-6-5-7-13-27/h5-9,12-15,26,30-35H,3-4,10-11,16-25H2,1-2H3,(H2,43,49)(H,44,50)(H2,45,46,52)/t31-,32?,33-,34-,35-/m0/s1. The smallest absolute Gasteiger partial charge is 0.315 e. The Morgan fingerprint density at radius 3 is 2.15 bits per heavy atom. The highest BCUT2D eigenvalue weighted by Gasteiger charge is 2.70. The Bertz CT molecular complexity index is 1680. The van der Waals surface area contributed by atoms with E-state index in [1.165, 1.54) is 0 Å². The molecule has 0 aromatic heterocycles. The third kappa shape index (κ3) is 8.15. The van der Waals surface area contributed by atoms with Crippen LogP contribution in [0.25, 0.3) is 0 Å². The van der Waals surface area contributed by atoms with Crippen LogP contribution in [0.5, 0.6) is 0 Å². The number of carbonyl (C=O) groups excluding carboxylic acids is 5. The maximum atomic E-state index is 14.9. The quantitative estimate of drug-likeness (QED) is 0.169.